The van der Waals surface area contributed by atoms with E-state index in [9.17, 15) is 24.2 Å². The van der Waals surface area contributed by atoms with Gasteiger partial charge in [-0.15, -0.1) is 0 Å². The molecule has 6 heteroatoms. The predicted molar refractivity (Wildman–Crippen MR) is 98.9 cm³/mol. The summed E-state index contributed by atoms with van der Waals surface area (Å²) in [6, 6.07) is 10.4. The van der Waals surface area contributed by atoms with Gasteiger partial charge in [0.15, 0.2) is 11.5 Å². The number of benzene rings is 2. The summed E-state index contributed by atoms with van der Waals surface area (Å²) in [5.74, 6) is -2.27. The molecule has 1 aliphatic rings. The molecule has 0 aliphatic carbocycles. The standard InChI is InChI=1S/C21H20FNO4/c1-21(2,3)19(26)16-17(12-5-4-6-15(24)11-12)23(20(27)18(16)25)14-9-7-13(22)8-10-14/h4-11,17,24-25H,1-3H3. The zero-order valence-corrected chi connectivity index (χ0v) is 15.2. The van der Waals surface area contributed by atoms with Crippen molar-refractivity contribution in [2.24, 2.45) is 5.41 Å². The third kappa shape index (κ3) is 3.30. The number of carbonyl (C=O) groups excluding carboxylic acids is 2. The minimum absolute atomic E-state index is 0.0343. The van der Waals surface area contributed by atoms with Gasteiger partial charge in [0, 0.05) is 11.1 Å². The molecule has 2 aromatic rings. The average Bonchev–Trinajstić information content (AvgIpc) is 2.86. The van der Waals surface area contributed by atoms with Crippen LogP contribution in [0.3, 0.4) is 0 Å². The number of amides is 1. The topological polar surface area (TPSA) is 77.8 Å². The highest BCUT2D eigenvalue weighted by Crippen LogP contribution is 2.43. The number of halogens is 1. The SMILES string of the molecule is CC(C)(C)C(=O)C1=C(O)C(=O)N(c2ccc(F)cc2)C1c1cccc(O)c1. The average molecular weight is 369 g/mol. The second-order valence-electron chi connectivity index (χ2n) is 7.49. The van der Waals surface area contributed by atoms with Crippen LogP contribution in [0.1, 0.15) is 32.4 Å². The van der Waals surface area contributed by atoms with Crippen LogP contribution in [0.2, 0.25) is 0 Å². The van der Waals surface area contributed by atoms with Gasteiger partial charge in [0.05, 0.1) is 11.6 Å². The third-order valence-corrected chi connectivity index (χ3v) is 4.42. The fraction of sp³-hybridized carbons (Fsp3) is 0.238. The Hall–Kier alpha value is -3.15. The Morgan fingerprint density at radius 1 is 1.07 bits per heavy atom. The Morgan fingerprint density at radius 3 is 2.26 bits per heavy atom. The highest BCUT2D eigenvalue weighted by Gasteiger charge is 2.46. The number of ketones is 1. The maximum absolute atomic E-state index is 13.3. The van der Waals surface area contributed by atoms with E-state index in [0.717, 1.165) is 0 Å². The molecular weight excluding hydrogens is 349 g/mol. The van der Waals surface area contributed by atoms with Gasteiger partial charge >= 0.3 is 0 Å². The number of nitrogens with zero attached hydrogens (tertiary/aromatic N) is 1. The second kappa shape index (κ2) is 6.54. The number of Topliss-reactive ketones (excluding diaryl/α,β-unsaturated/α-hetero) is 1. The summed E-state index contributed by atoms with van der Waals surface area (Å²) in [5, 5.41) is 20.4. The molecule has 5 nitrogen and oxygen atoms in total. The lowest BCUT2D eigenvalue weighted by Crippen LogP contribution is -2.32. The van der Waals surface area contributed by atoms with Crippen molar-refractivity contribution in [3.63, 3.8) is 0 Å². The molecule has 1 aliphatic heterocycles. The lowest BCUT2D eigenvalue weighted by molar-refractivity contribution is -0.123. The van der Waals surface area contributed by atoms with Crippen molar-refractivity contribution < 1.29 is 24.2 Å². The van der Waals surface area contributed by atoms with Gasteiger partial charge in [-0.05, 0) is 42.0 Å². The van der Waals surface area contributed by atoms with Gasteiger partial charge in [-0.2, -0.15) is 0 Å². The number of carbonyl (C=O) groups is 2. The summed E-state index contributed by atoms with van der Waals surface area (Å²) in [6.45, 7) is 5.08. The van der Waals surface area contributed by atoms with Crippen LogP contribution in [0.5, 0.6) is 5.75 Å². The van der Waals surface area contributed by atoms with Crippen LogP contribution < -0.4 is 4.90 Å². The van der Waals surface area contributed by atoms with Gasteiger partial charge in [-0.25, -0.2) is 4.39 Å². The summed E-state index contributed by atoms with van der Waals surface area (Å²) in [7, 11) is 0. The van der Waals surface area contributed by atoms with Crippen molar-refractivity contribution in [3.8, 4) is 5.75 Å². The van der Waals surface area contributed by atoms with Crippen LogP contribution in [0.4, 0.5) is 10.1 Å². The first-order valence-corrected chi connectivity index (χ1v) is 8.47. The van der Waals surface area contributed by atoms with Crippen LogP contribution in [0.25, 0.3) is 0 Å². The number of aliphatic hydroxyl groups excluding tert-OH is 1. The fourth-order valence-corrected chi connectivity index (χ4v) is 3.12. The molecule has 27 heavy (non-hydrogen) atoms. The molecule has 140 valence electrons. The van der Waals surface area contributed by atoms with E-state index < -0.39 is 28.9 Å². The first-order chi connectivity index (χ1) is 12.6. The Bertz CT molecular complexity index is 941. The molecule has 1 heterocycles. The van der Waals surface area contributed by atoms with E-state index in [1.54, 1.807) is 32.9 Å². The molecule has 1 unspecified atom stereocenters. The van der Waals surface area contributed by atoms with Crippen molar-refractivity contribution in [2.75, 3.05) is 4.90 Å². The van der Waals surface area contributed by atoms with Gasteiger partial charge in [0.1, 0.15) is 11.6 Å². The molecule has 0 radical (unpaired) electrons. The van der Waals surface area contributed by atoms with Gasteiger partial charge in [0.25, 0.3) is 5.91 Å². The van der Waals surface area contributed by atoms with Gasteiger partial charge in [0.2, 0.25) is 0 Å². The van der Waals surface area contributed by atoms with Crippen molar-refractivity contribution in [1.82, 2.24) is 0 Å². The number of hydrogen-bond acceptors (Lipinski definition) is 4. The zero-order valence-electron chi connectivity index (χ0n) is 15.2. The number of anilines is 1. The molecule has 2 N–H and O–H groups in total. The van der Waals surface area contributed by atoms with Crippen molar-refractivity contribution in [2.45, 2.75) is 26.8 Å². The Morgan fingerprint density at radius 2 is 1.70 bits per heavy atom. The molecule has 0 aromatic heterocycles. The van der Waals surface area contributed by atoms with E-state index in [4.69, 9.17) is 0 Å². The van der Waals surface area contributed by atoms with Crippen LogP contribution in [0.15, 0.2) is 59.9 Å². The fourth-order valence-electron chi connectivity index (χ4n) is 3.12. The normalized spacial score (nSPS) is 17.6. The van der Waals surface area contributed by atoms with Crippen LogP contribution in [-0.2, 0) is 9.59 Å². The molecule has 0 spiro atoms. The van der Waals surface area contributed by atoms with E-state index in [0.29, 0.717) is 11.3 Å². The monoisotopic (exact) mass is 369 g/mol. The number of rotatable bonds is 3. The maximum Gasteiger partial charge on any atom is 0.294 e. The van der Waals surface area contributed by atoms with E-state index >= 15 is 0 Å². The minimum atomic E-state index is -0.929. The Labute approximate surface area is 156 Å². The second-order valence-corrected chi connectivity index (χ2v) is 7.49. The summed E-state index contributed by atoms with van der Waals surface area (Å²) in [6.07, 6.45) is 0. The minimum Gasteiger partial charge on any atom is -0.508 e. The van der Waals surface area contributed by atoms with E-state index in [-0.39, 0.29) is 17.1 Å². The summed E-state index contributed by atoms with van der Waals surface area (Å²) in [5.41, 5.74) is -0.0814. The molecule has 3 rings (SSSR count). The maximum atomic E-state index is 13.3. The molecular formula is C21H20FNO4. The lowest BCUT2D eigenvalue weighted by atomic mass is 9.82. The summed E-state index contributed by atoms with van der Waals surface area (Å²) in [4.78, 5) is 27.1. The zero-order chi connectivity index (χ0) is 19.9. The summed E-state index contributed by atoms with van der Waals surface area (Å²) < 4.78 is 13.3. The molecule has 1 amide bonds. The molecule has 1 atom stereocenters. The van der Waals surface area contributed by atoms with Gasteiger partial charge in [-0.3, -0.25) is 14.5 Å². The number of aromatic hydroxyl groups is 1. The molecule has 0 saturated carbocycles. The molecule has 2 aromatic carbocycles. The third-order valence-electron chi connectivity index (χ3n) is 4.42. The van der Waals surface area contributed by atoms with Crippen LogP contribution in [-0.4, -0.2) is 21.9 Å². The number of phenols is 1. The quantitative estimate of drug-likeness (QED) is 0.856. The largest absolute Gasteiger partial charge is 0.508 e. The van der Waals surface area contributed by atoms with Crippen molar-refractivity contribution >= 4 is 17.4 Å². The van der Waals surface area contributed by atoms with Gasteiger partial charge in [-0.1, -0.05) is 32.9 Å². The molecule has 0 bridgehead atoms. The molecule has 0 saturated heterocycles. The van der Waals surface area contributed by atoms with E-state index in [1.807, 2.05) is 0 Å². The lowest BCUT2D eigenvalue weighted by Gasteiger charge is -2.29. The van der Waals surface area contributed by atoms with E-state index in [1.165, 1.54) is 41.3 Å². The van der Waals surface area contributed by atoms with Crippen LogP contribution >= 0.6 is 0 Å². The predicted octanol–water partition coefficient (Wildman–Crippen LogP) is 4.05. The van der Waals surface area contributed by atoms with Crippen molar-refractivity contribution in [1.29, 1.82) is 0 Å². The highest BCUT2D eigenvalue weighted by molar-refractivity contribution is 6.17. The molecule has 0 fully saturated rings. The Kier molecular flexibility index (Phi) is 4.51. The van der Waals surface area contributed by atoms with Crippen molar-refractivity contribution in [3.05, 3.63) is 71.2 Å². The smallest absolute Gasteiger partial charge is 0.294 e. The first kappa shape index (κ1) is 18.6. The highest BCUT2D eigenvalue weighted by atomic mass is 19.1. The summed E-state index contributed by atoms with van der Waals surface area (Å²) >= 11 is 0. The van der Waals surface area contributed by atoms with Crippen LogP contribution in [0, 0.1) is 11.2 Å². The first-order valence-electron chi connectivity index (χ1n) is 8.47. The number of phenolic OH excluding ortho intramolecular Hbond substituents is 1. The Balaban J connectivity index is 2.21. The number of hydrogen-bond donors (Lipinski definition) is 2. The number of aliphatic hydroxyl groups is 1. The van der Waals surface area contributed by atoms with E-state index in [2.05, 4.69) is 0 Å². The van der Waals surface area contributed by atoms with Gasteiger partial charge < -0.3 is 10.2 Å².